The van der Waals surface area contributed by atoms with Crippen LogP contribution in [0.25, 0.3) is 15.7 Å². The normalized spacial score (nSPS) is 23.0. The molecule has 1 aromatic carbocycles. The SMILES string of the molecule is CN(C)CC1=C(c2cc3ccc(C(F)(F)F)cc3s2)C2CCC1C2.Cl. The number of thiophene rings is 1. The highest BCUT2D eigenvalue weighted by Gasteiger charge is 2.40. The molecule has 25 heavy (non-hydrogen) atoms. The van der Waals surface area contributed by atoms with Crippen molar-refractivity contribution in [2.24, 2.45) is 11.8 Å². The predicted molar refractivity (Wildman–Crippen MR) is 100 cm³/mol. The van der Waals surface area contributed by atoms with Crippen molar-refractivity contribution < 1.29 is 13.2 Å². The molecule has 1 saturated carbocycles. The van der Waals surface area contributed by atoms with Gasteiger partial charge in [0, 0.05) is 16.1 Å². The minimum atomic E-state index is -4.28. The van der Waals surface area contributed by atoms with E-state index >= 15 is 0 Å². The Balaban J connectivity index is 0.00000182. The van der Waals surface area contributed by atoms with Crippen molar-refractivity contribution in [2.75, 3.05) is 20.6 Å². The molecule has 0 amide bonds. The van der Waals surface area contributed by atoms with Crippen molar-refractivity contribution >= 4 is 39.4 Å². The van der Waals surface area contributed by atoms with Crippen LogP contribution in [0.5, 0.6) is 0 Å². The number of rotatable bonds is 3. The predicted octanol–water partition coefficient (Wildman–Crippen LogP) is 6.09. The standard InChI is InChI=1S/C19H20F3NS.ClH/c1-23(2)10-15-11-3-4-13(7-11)18(15)17-8-12-5-6-14(19(20,21)22)9-16(12)24-17;/h5-6,8-9,11,13H,3-4,7,10H2,1-2H3;1H. The summed E-state index contributed by atoms with van der Waals surface area (Å²) in [5.74, 6) is 1.27. The second-order valence-corrected chi connectivity index (χ2v) is 8.33. The van der Waals surface area contributed by atoms with E-state index < -0.39 is 11.7 Å². The first kappa shape index (κ1) is 18.7. The minimum absolute atomic E-state index is 0. The molecule has 136 valence electrons. The van der Waals surface area contributed by atoms with Gasteiger partial charge in [0.2, 0.25) is 0 Å². The third-order valence-electron chi connectivity index (χ3n) is 5.28. The van der Waals surface area contributed by atoms with E-state index in [1.54, 1.807) is 6.07 Å². The van der Waals surface area contributed by atoms with Gasteiger partial charge in [0.25, 0.3) is 0 Å². The van der Waals surface area contributed by atoms with Gasteiger partial charge in [-0.05, 0) is 79.9 Å². The zero-order valence-electron chi connectivity index (χ0n) is 14.2. The summed E-state index contributed by atoms with van der Waals surface area (Å²) in [5.41, 5.74) is 2.38. The maximum absolute atomic E-state index is 12.9. The summed E-state index contributed by atoms with van der Waals surface area (Å²) in [6.45, 7) is 0.957. The molecule has 2 aromatic rings. The average Bonchev–Trinajstić information content (AvgIpc) is 3.18. The first-order valence-corrected chi connectivity index (χ1v) is 9.13. The fourth-order valence-corrected chi connectivity index (χ4v) is 5.56. The third kappa shape index (κ3) is 3.34. The van der Waals surface area contributed by atoms with Crippen LogP contribution in [0, 0.1) is 11.8 Å². The van der Waals surface area contributed by atoms with Gasteiger partial charge in [0.15, 0.2) is 0 Å². The van der Waals surface area contributed by atoms with Gasteiger partial charge < -0.3 is 4.90 Å². The fourth-order valence-electron chi connectivity index (χ4n) is 4.30. The highest BCUT2D eigenvalue weighted by Crippen LogP contribution is 2.54. The lowest BCUT2D eigenvalue weighted by Gasteiger charge is -2.22. The van der Waals surface area contributed by atoms with Gasteiger partial charge in [-0.1, -0.05) is 6.07 Å². The van der Waals surface area contributed by atoms with E-state index in [0.29, 0.717) is 11.8 Å². The Bertz CT molecular complexity index is 822. The fraction of sp³-hybridized carbons (Fsp3) is 0.474. The summed E-state index contributed by atoms with van der Waals surface area (Å²) >= 11 is 1.52. The molecular weight excluding hydrogens is 367 g/mol. The Kier molecular flexibility index (Phi) is 4.95. The van der Waals surface area contributed by atoms with Crippen LogP contribution < -0.4 is 0 Å². The highest BCUT2D eigenvalue weighted by molar-refractivity contribution is 7.20. The molecule has 0 N–H and O–H groups in total. The molecule has 0 spiro atoms. The van der Waals surface area contributed by atoms with Crippen LogP contribution in [0.15, 0.2) is 29.8 Å². The number of hydrogen-bond donors (Lipinski definition) is 0. The smallest absolute Gasteiger partial charge is 0.305 e. The number of alkyl halides is 3. The van der Waals surface area contributed by atoms with E-state index in [2.05, 4.69) is 25.1 Å². The minimum Gasteiger partial charge on any atom is -0.305 e. The van der Waals surface area contributed by atoms with E-state index in [9.17, 15) is 13.2 Å². The summed E-state index contributed by atoms with van der Waals surface area (Å²) in [6.07, 6.45) is -0.569. The summed E-state index contributed by atoms with van der Waals surface area (Å²) < 4.78 is 39.6. The Labute approximate surface area is 155 Å². The molecule has 1 nitrogen and oxygen atoms in total. The largest absolute Gasteiger partial charge is 0.416 e. The van der Waals surface area contributed by atoms with Crippen LogP contribution in [0.1, 0.15) is 29.7 Å². The molecule has 2 aliphatic carbocycles. The van der Waals surface area contributed by atoms with Gasteiger partial charge in [-0.25, -0.2) is 0 Å². The molecule has 0 saturated heterocycles. The van der Waals surface area contributed by atoms with Crippen LogP contribution in [-0.2, 0) is 6.18 Å². The van der Waals surface area contributed by atoms with Crippen molar-refractivity contribution in [1.82, 2.24) is 4.90 Å². The van der Waals surface area contributed by atoms with Crippen LogP contribution in [0.3, 0.4) is 0 Å². The molecule has 2 unspecified atom stereocenters. The molecule has 1 aromatic heterocycles. The zero-order valence-corrected chi connectivity index (χ0v) is 15.8. The van der Waals surface area contributed by atoms with Crippen molar-refractivity contribution in [3.8, 4) is 0 Å². The number of allylic oxidation sites excluding steroid dienone is 1. The van der Waals surface area contributed by atoms with E-state index in [-0.39, 0.29) is 12.4 Å². The molecule has 6 heteroatoms. The number of benzene rings is 1. The molecule has 2 aliphatic rings. The van der Waals surface area contributed by atoms with Gasteiger partial charge in [-0.15, -0.1) is 23.7 Å². The summed E-state index contributed by atoms with van der Waals surface area (Å²) in [7, 11) is 4.16. The van der Waals surface area contributed by atoms with Crippen molar-refractivity contribution in [3.63, 3.8) is 0 Å². The van der Waals surface area contributed by atoms with Crippen molar-refractivity contribution in [2.45, 2.75) is 25.4 Å². The van der Waals surface area contributed by atoms with Crippen molar-refractivity contribution in [3.05, 3.63) is 40.3 Å². The van der Waals surface area contributed by atoms with Crippen LogP contribution >= 0.6 is 23.7 Å². The summed E-state index contributed by atoms with van der Waals surface area (Å²) in [6, 6.07) is 6.18. The van der Waals surface area contributed by atoms with Gasteiger partial charge in [0.05, 0.1) is 5.56 Å². The third-order valence-corrected chi connectivity index (χ3v) is 6.41. The number of halogens is 4. The highest BCUT2D eigenvalue weighted by atomic mass is 35.5. The number of likely N-dealkylation sites (N-methyl/N-ethyl adjacent to an activating group) is 1. The molecule has 2 atom stereocenters. The second-order valence-electron chi connectivity index (χ2n) is 7.24. The van der Waals surface area contributed by atoms with E-state index in [4.69, 9.17) is 0 Å². The average molecular weight is 388 g/mol. The molecule has 0 radical (unpaired) electrons. The van der Waals surface area contributed by atoms with Gasteiger partial charge in [-0.3, -0.25) is 0 Å². The lowest BCUT2D eigenvalue weighted by molar-refractivity contribution is -0.137. The van der Waals surface area contributed by atoms with Gasteiger partial charge in [0.1, 0.15) is 0 Å². The van der Waals surface area contributed by atoms with Crippen LogP contribution in [0.4, 0.5) is 13.2 Å². The lowest BCUT2D eigenvalue weighted by atomic mass is 9.90. The van der Waals surface area contributed by atoms with E-state index in [1.807, 2.05) is 0 Å². The molecular formula is C19H21ClF3NS. The zero-order chi connectivity index (χ0) is 17.1. The number of hydrogen-bond acceptors (Lipinski definition) is 2. The maximum Gasteiger partial charge on any atom is 0.416 e. The molecule has 2 bridgehead atoms. The molecule has 4 rings (SSSR count). The van der Waals surface area contributed by atoms with E-state index in [0.717, 1.165) is 16.6 Å². The first-order chi connectivity index (χ1) is 11.3. The van der Waals surface area contributed by atoms with E-state index in [1.165, 1.54) is 58.8 Å². The molecule has 1 heterocycles. The Morgan fingerprint density at radius 2 is 1.84 bits per heavy atom. The lowest BCUT2D eigenvalue weighted by Crippen LogP contribution is -2.19. The second kappa shape index (κ2) is 6.60. The first-order valence-electron chi connectivity index (χ1n) is 8.32. The Morgan fingerprint density at radius 1 is 1.12 bits per heavy atom. The molecule has 0 aliphatic heterocycles. The quantitative estimate of drug-likeness (QED) is 0.616. The monoisotopic (exact) mass is 387 g/mol. The number of nitrogens with zero attached hydrogens (tertiary/aromatic N) is 1. The number of fused-ring (bicyclic) bond motifs is 3. The van der Waals surface area contributed by atoms with Gasteiger partial charge >= 0.3 is 6.18 Å². The Morgan fingerprint density at radius 3 is 2.52 bits per heavy atom. The van der Waals surface area contributed by atoms with Crippen LogP contribution in [0.2, 0.25) is 0 Å². The van der Waals surface area contributed by atoms with Crippen LogP contribution in [-0.4, -0.2) is 25.5 Å². The molecule has 1 fully saturated rings. The van der Waals surface area contributed by atoms with Gasteiger partial charge in [-0.2, -0.15) is 13.2 Å². The Hall–Kier alpha value is -1.04. The summed E-state index contributed by atoms with van der Waals surface area (Å²) in [5, 5.41) is 0.919. The topological polar surface area (TPSA) is 3.24 Å². The summed E-state index contributed by atoms with van der Waals surface area (Å²) in [4.78, 5) is 3.37. The van der Waals surface area contributed by atoms with Crippen molar-refractivity contribution in [1.29, 1.82) is 0 Å². The maximum atomic E-state index is 12.9.